The fraction of sp³-hybridized carbons (Fsp3) is 0.895. The molecule has 3 N–H and O–H groups in total. The SMILES string of the molecule is CN=C(NCCCN(C(C)C)C(C)C)NC1CCN(CC(=O)NC)CC1. The number of guanidine groups is 1. The topological polar surface area (TPSA) is 72.0 Å². The molecule has 1 heterocycles. The van der Waals surface area contributed by atoms with Crippen LogP contribution in [0.3, 0.4) is 0 Å². The number of aliphatic imine (C=N–C) groups is 1. The third-order valence-electron chi connectivity index (χ3n) is 5.01. The molecule has 0 aromatic rings. The summed E-state index contributed by atoms with van der Waals surface area (Å²) in [5.41, 5.74) is 0. The molecule has 0 bridgehead atoms. The molecule has 0 aliphatic carbocycles. The average molecular weight is 369 g/mol. The van der Waals surface area contributed by atoms with Crippen LogP contribution in [0.4, 0.5) is 0 Å². The number of likely N-dealkylation sites (tertiary alicyclic amines) is 1. The van der Waals surface area contributed by atoms with E-state index in [1.165, 1.54) is 0 Å². The Labute approximate surface area is 160 Å². The Morgan fingerprint density at radius 2 is 1.81 bits per heavy atom. The van der Waals surface area contributed by atoms with Gasteiger partial charge in [0.2, 0.25) is 5.91 Å². The van der Waals surface area contributed by atoms with Crippen molar-refractivity contribution in [3.63, 3.8) is 0 Å². The number of piperidine rings is 1. The van der Waals surface area contributed by atoms with Gasteiger partial charge in [0.25, 0.3) is 0 Å². The molecule has 1 amide bonds. The van der Waals surface area contributed by atoms with E-state index in [0.29, 0.717) is 24.7 Å². The highest BCUT2D eigenvalue weighted by atomic mass is 16.1. The third-order valence-corrected chi connectivity index (χ3v) is 5.01. The smallest absolute Gasteiger partial charge is 0.233 e. The van der Waals surface area contributed by atoms with E-state index in [-0.39, 0.29) is 5.91 Å². The van der Waals surface area contributed by atoms with Gasteiger partial charge in [-0.15, -0.1) is 0 Å². The number of hydrogen-bond donors (Lipinski definition) is 3. The van der Waals surface area contributed by atoms with Crippen LogP contribution < -0.4 is 16.0 Å². The molecule has 152 valence electrons. The summed E-state index contributed by atoms with van der Waals surface area (Å²) in [6, 6.07) is 1.57. The van der Waals surface area contributed by atoms with Crippen molar-refractivity contribution in [2.45, 2.75) is 65.1 Å². The summed E-state index contributed by atoms with van der Waals surface area (Å²) in [6.07, 6.45) is 3.17. The standard InChI is InChI=1S/C19H40N6O/c1-15(2)25(16(3)4)11-7-10-22-19(21-6)23-17-8-12-24(13-9-17)14-18(26)20-5/h15-17H,7-14H2,1-6H3,(H,20,26)(H2,21,22,23). The molecule has 7 heteroatoms. The summed E-state index contributed by atoms with van der Waals surface area (Å²) in [5, 5.41) is 9.65. The van der Waals surface area contributed by atoms with E-state index < -0.39 is 0 Å². The molecule has 7 nitrogen and oxygen atoms in total. The van der Waals surface area contributed by atoms with Gasteiger partial charge in [0, 0.05) is 58.4 Å². The Morgan fingerprint density at radius 3 is 2.31 bits per heavy atom. The maximum absolute atomic E-state index is 11.5. The van der Waals surface area contributed by atoms with Gasteiger partial charge in [-0.1, -0.05) is 0 Å². The van der Waals surface area contributed by atoms with Crippen LogP contribution >= 0.6 is 0 Å². The van der Waals surface area contributed by atoms with E-state index in [0.717, 1.165) is 51.4 Å². The molecule has 26 heavy (non-hydrogen) atoms. The lowest BCUT2D eigenvalue weighted by molar-refractivity contribution is -0.122. The van der Waals surface area contributed by atoms with Crippen molar-refractivity contribution in [3.8, 4) is 0 Å². The third kappa shape index (κ3) is 8.36. The van der Waals surface area contributed by atoms with E-state index >= 15 is 0 Å². The first-order valence-corrected chi connectivity index (χ1v) is 10.0. The van der Waals surface area contributed by atoms with Crippen LogP contribution in [0.1, 0.15) is 47.0 Å². The average Bonchev–Trinajstić information content (AvgIpc) is 2.61. The molecule has 0 atom stereocenters. The lowest BCUT2D eigenvalue weighted by Crippen LogP contribution is -2.50. The first-order chi connectivity index (χ1) is 12.4. The summed E-state index contributed by atoms with van der Waals surface area (Å²) in [6.45, 7) is 13.4. The summed E-state index contributed by atoms with van der Waals surface area (Å²) >= 11 is 0. The van der Waals surface area contributed by atoms with Crippen LogP contribution in [-0.4, -0.2) is 86.6 Å². The zero-order valence-corrected chi connectivity index (χ0v) is 17.6. The molecule has 0 saturated carbocycles. The fourth-order valence-corrected chi connectivity index (χ4v) is 3.49. The number of carbonyl (C=O) groups excluding carboxylic acids is 1. The second kappa shape index (κ2) is 12.1. The molecule has 1 saturated heterocycles. The predicted molar refractivity (Wildman–Crippen MR) is 110 cm³/mol. The number of carbonyl (C=O) groups is 1. The monoisotopic (exact) mass is 368 g/mol. The number of amides is 1. The lowest BCUT2D eigenvalue weighted by Gasteiger charge is -2.32. The second-order valence-electron chi connectivity index (χ2n) is 7.65. The van der Waals surface area contributed by atoms with Gasteiger partial charge >= 0.3 is 0 Å². The normalized spacial score (nSPS) is 17.2. The zero-order chi connectivity index (χ0) is 19.5. The van der Waals surface area contributed by atoms with Crippen molar-refractivity contribution in [2.24, 2.45) is 4.99 Å². The molecule has 0 radical (unpaired) electrons. The van der Waals surface area contributed by atoms with Gasteiger partial charge in [0.1, 0.15) is 0 Å². The maximum atomic E-state index is 11.5. The van der Waals surface area contributed by atoms with Gasteiger partial charge in [0.05, 0.1) is 6.54 Å². The van der Waals surface area contributed by atoms with Crippen LogP contribution in [0, 0.1) is 0 Å². The molecule has 0 aromatic carbocycles. The highest BCUT2D eigenvalue weighted by Gasteiger charge is 2.21. The van der Waals surface area contributed by atoms with E-state index in [9.17, 15) is 4.79 Å². The van der Waals surface area contributed by atoms with Crippen molar-refractivity contribution in [3.05, 3.63) is 0 Å². The van der Waals surface area contributed by atoms with Crippen LogP contribution in [0.5, 0.6) is 0 Å². The highest BCUT2D eigenvalue weighted by molar-refractivity contribution is 5.80. The minimum atomic E-state index is 0.0886. The molecule has 1 rings (SSSR count). The Morgan fingerprint density at radius 1 is 1.19 bits per heavy atom. The van der Waals surface area contributed by atoms with Crippen LogP contribution in [0.15, 0.2) is 4.99 Å². The number of rotatable bonds is 9. The summed E-state index contributed by atoms with van der Waals surface area (Å²) in [7, 11) is 3.51. The van der Waals surface area contributed by atoms with Crippen molar-refractivity contribution in [1.82, 2.24) is 25.8 Å². The Kier molecular flexibility index (Phi) is 10.6. The first kappa shape index (κ1) is 22.7. The van der Waals surface area contributed by atoms with Crippen LogP contribution in [0.25, 0.3) is 0 Å². The Hall–Kier alpha value is -1.34. The Bertz CT molecular complexity index is 422. The van der Waals surface area contributed by atoms with Gasteiger partial charge in [-0.2, -0.15) is 0 Å². The minimum absolute atomic E-state index is 0.0886. The van der Waals surface area contributed by atoms with Gasteiger partial charge in [-0.25, -0.2) is 0 Å². The molecular weight excluding hydrogens is 328 g/mol. The van der Waals surface area contributed by atoms with Crippen LogP contribution in [-0.2, 0) is 4.79 Å². The quantitative estimate of drug-likeness (QED) is 0.320. The van der Waals surface area contributed by atoms with Crippen molar-refractivity contribution in [1.29, 1.82) is 0 Å². The highest BCUT2D eigenvalue weighted by Crippen LogP contribution is 2.10. The first-order valence-electron chi connectivity index (χ1n) is 10.0. The van der Waals surface area contributed by atoms with Gasteiger partial charge in [-0.3, -0.25) is 19.6 Å². The molecule has 0 unspecified atom stereocenters. The summed E-state index contributed by atoms with van der Waals surface area (Å²) in [5.74, 6) is 0.973. The minimum Gasteiger partial charge on any atom is -0.358 e. The van der Waals surface area contributed by atoms with E-state index in [1.807, 2.05) is 7.05 Å². The van der Waals surface area contributed by atoms with Crippen molar-refractivity contribution in [2.75, 3.05) is 46.8 Å². The number of nitrogens with one attached hydrogen (secondary N) is 3. The maximum Gasteiger partial charge on any atom is 0.233 e. The van der Waals surface area contributed by atoms with Crippen LogP contribution in [0.2, 0.25) is 0 Å². The Balaban J connectivity index is 2.26. The van der Waals surface area contributed by atoms with E-state index in [1.54, 1.807) is 7.05 Å². The number of hydrogen-bond acceptors (Lipinski definition) is 4. The molecule has 0 aromatic heterocycles. The van der Waals surface area contributed by atoms with E-state index in [4.69, 9.17) is 0 Å². The second-order valence-corrected chi connectivity index (χ2v) is 7.65. The van der Waals surface area contributed by atoms with Gasteiger partial charge in [0.15, 0.2) is 5.96 Å². The van der Waals surface area contributed by atoms with Crippen molar-refractivity contribution < 1.29 is 4.79 Å². The number of nitrogens with zero attached hydrogens (tertiary/aromatic N) is 3. The molecular formula is C19H40N6O. The zero-order valence-electron chi connectivity index (χ0n) is 17.6. The molecule has 1 fully saturated rings. The molecule has 1 aliphatic rings. The predicted octanol–water partition coefficient (Wildman–Crippen LogP) is 0.871. The molecule has 1 aliphatic heterocycles. The largest absolute Gasteiger partial charge is 0.358 e. The summed E-state index contributed by atoms with van der Waals surface area (Å²) < 4.78 is 0. The fourth-order valence-electron chi connectivity index (χ4n) is 3.49. The van der Waals surface area contributed by atoms with Gasteiger partial charge in [-0.05, 0) is 47.0 Å². The lowest BCUT2D eigenvalue weighted by atomic mass is 10.1. The molecule has 0 spiro atoms. The van der Waals surface area contributed by atoms with Gasteiger partial charge < -0.3 is 16.0 Å². The summed E-state index contributed by atoms with van der Waals surface area (Å²) in [4.78, 5) is 20.5. The van der Waals surface area contributed by atoms with Crippen molar-refractivity contribution >= 4 is 11.9 Å². The number of likely N-dealkylation sites (N-methyl/N-ethyl adjacent to an activating group) is 1. The van der Waals surface area contributed by atoms with E-state index in [2.05, 4.69) is 58.4 Å².